The van der Waals surface area contributed by atoms with Crippen LogP contribution in [0, 0.1) is 0 Å². The minimum absolute atomic E-state index is 0.337. The van der Waals surface area contributed by atoms with E-state index in [0.717, 1.165) is 17.6 Å². The van der Waals surface area contributed by atoms with Gasteiger partial charge in [-0.05, 0) is 29.7 Å². The zero-order valence-corrected chi connectivity index (χ0v) is 7.60. The summed E-state index contributed by atoms with van der Waals surface area (Å²) in [6.07, 6.45) is 7.09. The number of aromatic carboxylic acids is 1. The van der Waals surface area contributed by atoms with E-state index in [4.69, 9.17) is 5.11 Å². The van der Waals surface area contributed by atoms with Crippen molar-refractivity contribution >= 4 is 11.5 Å². The molecule has 0 saturated heterocycles. The molecule has 70 valence electrons. The first-order chi connectivity index (χ1) is 6.77. The lowest BCUT2D eigenvalue weighted by Gasteiger charge is -2.01. The van der Waals surface area contributed by atoms with Gasteiger partial charge in [-0.25, -0.2) is 4.79 Å². The second-order valence-electron chi connectivity index (χ2n) is 3.18. The summed E-state index contributed by atoms with van der Waals surface area (Å²) in [5, 5.41) is 8.81. The molecule has 0 atom stereocenters. The maximum Gasteiger partial charge on any atom is 0.335 e. The third-order valence-electron chi connectivity index (χ3n) is 2.21. The van der Waals surface area contributed by atoms with E-state index < -0.39 is 5.97 Å². The molecule has 0 fully saturated rings. The van der Waals surface area contributed by atoms with E-state index >= 15 is 0 Å². The minimum atomic E-state index is -0.880. The Labute approximate surface area is 82.2 Å². The second-order valence-corrected chi connectivity index (χ2v) is 3.18. The largest absolute Gasteiger partial charge is 0.478 e. The van der Waals surface area contributed by atoms with Crippen molar-refractivity contribution in [3.63, 3.8) is 0 Å². The summed E-state index contributed by atoms with van der Waals surface area (Å²) in [7, 11) is 0. The maximum absolute atomic E-state index is 10.7. The van der Waals surface area contributed by atoms with E-state index in [0.29, 0.717) is 5.56 Å². The Hall–Kier alpha value is -1.83. The van der Waals surface area contributed by atoms with E-state index in [-0.39, 0.29) is 0 Å². The molecular formula is C12H10O2. The van der Waals surface area contributed by atoms with Crippen molar-refractivity contribution in [2.75, 3.05) is 0 Å². The van der Waals surface area contributed by atoms with E-state index in [1.807, 2.05) is 12.1 Å². The highest BCUT2D eigenvalue weighted by molar-refractivity contribution is 5.89. The summed E-state index contributed by atoms with van der Waals surface area (Å²) in [6.45, 7) is 0. The molecule has 0 radical (unpaired) electrons. The Bertz CT molecular complexity index is 428. The highest BCUT2D eigenvalue weighted by Gasteiger charge is 2.06. The molecule has 2 rings (SSSR count). The summed E-state index contributed by atoms with van der Waals surface area (Å²) in [5.74, 6) is -0.880. The average molecular weight is 186 g/mol. The van der Waals surface area contributed by atoms with Crippen LogP contribution < -0.4 is 0 Å². The van der Waals surface area contributed by atoms with Crippen molar-refractivity contribution in [1.82, 2.24) is 0 Å². The Balaban J connectivity index is 2.40. The first-order valence-electron chi connectivity index (χ1n) is 4.48. The van der Waals surface area contributed by atoms with Gasteiger partial charge in [0, 0.05) is 0 Å². The van der Waals surface area contributed by atoms with Crippen LogP contribution in [0.3, 0.4) is 0 Å². The van der Waals surface area contributed by atoms with Gasteiger partial charge in [0.2, 0.25) is 0 Å². The molecule has 0 unspecified atom stereocenters. The van der Waals surface area contributed by atoms with Crippen LogP contribution in [0.4, 0.5) is 0 Å². The lowest BCUT2D eigenvalue weighted by atomic mass is 10.0. The first kappa shape index (κ1) is 8.75. The number of allylic oxidation sites excluding steroid dienone is 4. The SMILES string of the molecule is O=C(O)c1cccc(C2=CCC=C2)c1. The molecule has 0 spiro atoms. The fourth-order valence-corrected chi connectivity index (χ4v) is 1.50. The van der Waals surface area contributed by atoms with Gasteiger partial charge in [-0.1, -0.05) is 30.4 Å². The molecule has 0 amide bonds. The molecule has 1 N–H and O–H groups in total. The molecular weight excluding hydrogens is 176 g/mol. The number of rotatable bonds is 2. The molecule has 0 saturated carbocycles. The second kappa shape index (κ2) is 3.50. The molecule has 0 bridgehead atoms. The third-order valence-corrected chi connectivity index (χ3v) is 2.21. The van der Waals surface area contributed by atoms with E-state index in [1.165, 1.54) is 0 Å². The van der Waals surface area contributed by atoms with Gasteiger partial charge in [0.1, 0.15) is 0 Å². The Kier molecular flexibility index (Phi) is 2.19. The average Bonchev–Trinajstić information content (AvgIpc) is 2.71. The summed E-state index contributed by atoms with van der Waals surface area (Å²) < 4.78 is 0. The molecule has 1 aliphatic carbocycles. The van der Waals surface area contributed by atoms with Crippen molar-refractivity contribution in [2.24, 2.45) is 0 Å². The molecule has 1 aliphatic rings. The summed E-state index contributed by atoms with van der Waals surface area (Å²) in [5.41, 5.74) is 2.41. The van der Waals surface area contributed by atoms with Gasteiger partial charge < -0.3 is 5.11 Å². The highest BCUT2D eigenvalue weighted by Crippen LogP contribution is 2.22. The Morgan fingerprint density at radius 2 is 2.21 bits per heavy atom. The van der Waals surface area contributed by atoms with Gasteiger partial charge in [0.05, 0.1) is 5.56 Å². The van der Waals surface area contributed by atoms with Crippen LogP contribution in [-0.4, -0.2) is 11.1 Å². The Morgan fingerprint density at radius 1 is 1.36 bits per heavy atom. The molecule has 2 nitrogen and oxygen atoms in total. The molecule has 2 heteroatoms. The van der Waals surface area contributed by atoms with Crippen LogP contribution in [0.5, 0.6) is 0 Å². The molecule has 0 aromatic heterocycles. The van der Waals surface area contributed by atoms with Crippen LogP contribution in [0.25, 0.3) is 5.57 Å². The quantitative estimate of drug-likeness (QED) is 0.771. The third kappa shape index (κ3) is 1.59. The molecule has 1 aromatic rings. The van der Waals surface area contributed by atoms with Crippen molar-refractivity contribution < 1.29 is 9.90 Å². The Morgan fingerprint density at radius 3 is 2.86 bits per heavy atom. The summed E-state index contributed by atoms with van der Waals surface area (Å²) >= 11 is 0. The van der Waals surface area contributed by atoms with Crippen LogP contribution in [0.15, 0.2) is 42.5 Å². The fourth-order valence-electron chi connectivity index (χ4n) is 1.50. The number of hydrogen-bond acceptors (Lipinski definition) is 1. The lowest BCUT2D eigenvalue weighted by Crippen LogP contribution is -1.96. The van der Waals surface area contributed by atoms with Crippen LogP contribution >= 0.6 is 0 Å². The van der Waals surface area contributed by atoms with Gasteiger partial charge in [0.15, 0.2) is 0 Å². The predicted molar refractivity (Wildman–Crippen MR) is 55.1 cm³/mol. The van der Waals surface area contributed by atoms with E-state index in [9.17, 15) is 4.79 Å². The zero-order chi connectivity index (χ0) is 9.97. The number of carbonyl (C=O) groups is 1. The normalized spacial score (nSPS) is 14.1. The van der Waals surface area contributed by atoms with Gasteiger partial charge in [-0.15, -0.1) is 0 Å². The zero-order valence-electron chi connectivity index (χ0n) is 7.60. The van der Waals surface area contributed by atoms with Crippen molar-refractivity contribution in [3.05, 3.63) is 53.6 Å². The predicted octanol–water partition coefficient (Wildman–Crippen LogP) is 2.73. The topological polar surface area (TPSA) is 37.3 Å². The monoisotopic (exact) mass is 186 g/mol. The standard InChI is InChI=1S/C12H10O2/c13-12(14)11-7-3-6-10(8-11)9-4-1-2-5-9/h1,3-8H,2H2,(H,13,14). The van der Waals surface area contributed by atoms with Crippen LogP contribution in [0.1, 0.15) is 22.3 Å². The fraction of sp³-hybridized carbons (Fsp3) is 0.0833. The van der Waals surface area contributed by atoms with Crippen molar-refractivity contribution in [3.8, 4) is 0 Å². The molecule has 0 heterocycles. The van der Waals surface area contributed by atoms with Crippen LogP contribution in [0.2, 0.25) is 0 Å². The minimum Gasteiger partial charge on any atom is -0.478 e. The van der Waals surface area contributed by atoms with Crippen molar-refractivity contribution in [2.45, 2.75) is 6.42 Å². The number of hydrogen-bond donors (Lipinski definition) is 1. The first-order valence-corrected chi connectivity index (χ1v) is 4.48. The van der Waals surface area contributed by atoms with Gasteiger partial charge >= 0.3 is 5.97 Å². The van der Waals surface area contributed by atoms with Crippen LogP contribution in [-0.2, 0) is 0 Å². The molecule has 1 aromatic carbocycles. The summed E-state index contributed by atoms with van der Waals surface area (Å²) in [6, 6.07) is 6.99. The number of carboxylic acid groups (broad SMARTS) is 1. The van der Waals surface area contributed by atoms with Gasteiger partial charge in [-0.2, -0.15) is 0 Å². The molecule has 0 aliphatic heterocycles. The van der Waals surface area contributed by atoms with E-state index in [1.54, 1.807) is 18.2 Å². The highest BCUT2D eigenvalue weighted by atomic mass is 16.4. The van der Waals surface area contributed by atoms with Crippen molar-refractivity contribution in [1.29, 1.82) is 0 Å². The lowest BCUT2D eigenvalue weighted by molar-refractivity contribution is 0.0697. The molecule has 14 heavy (non-hydrogen) atoms. The van der Waals surface area contributed by atoms with Gasteiger partial charge in [0.25, 0.3) is 0 Å². The summed E-state index contributed by atoms with van der Waals surface area (Å²) in [4.78, 5) is 10.7. The van der Waals surface area contributed by atoms with E-state index in [2.05, 4.69) is 12.2 Å². The smallest absolute Gasteiger partial charge is 0.335 e. The maximum atomic E-state index is 10.7. The van der Waals surface area contributed by atoms with Gasteiger partial charge in [-0.3, -0.25) is 0 Å². The number of carboxylic acids is 1. The number of benzene rings is 1.